The van der Waals surface area contributed by atoms with Crippen molar-refractivity contribution in [3.63, 3.8) is 0 Å². The highest BCUT2D eigenvalue weighted by Crippen LogP contribution is 2.30. The molecule has 0 saturated carbocycles. The maximum absolute atomic E-state index is 14.9. The van der Waals surface area contributed by atoms with Crippen molar-refractivity contribution in [1.29, 1.82) is 0 Å². The van der Waals surface area contributed by atoms with Crippen LogP contribution in [0.25, 0.3) is 11.6 Å². The summed E-state index contributed by atoms with van der Waals surface area (Å²) in [6.45, 7) is 0. The Balaban J connectivity index is 1.67. The van der Waals surface area contributed by atoms with Gasteiger partial charge in [-0.25, -0.2) is 26.9 Å². The Labute approximate surface area is 199 Å². The van der Waals surface area contributed by atoms with Crippen molar-refractivity contribution in [1.82, 2.24) is 4.98 Å². The number of nitrogens with one attached hydrogen (secondary N) is 1. The smallest absolute Gasteiger partial charge is 0.200 e. The van der Waals surface area contributed by atoms with E-state index in [0.29, 0.717) is 22.4 Å². The second-order valence-electron chi connectivity index (χ2n) is 8.19. The number of hydrogen-bond donors (Lipinski definition) is 1. The van der Waals surface area contributed by atoms with Gasteiger partial charge in [0.15, 0.2) is 23.3 Å². The zero-order valence-corrected chi connectivity index (χ0v) is 18.6. The first-order chi connectivity index (χ1) is 16.9. The first kappa shape index (κ1) is 21.7. The molecule has 3 aliphatic heterocycles. The number of halogens is 5. The lowest BCUT2D eigenvalue weighted by molar-refractivity contribution is 0.376. The standard InChI is InChI=1S/C26H14F5N3S/c27-22-21(23(28)25(30)26(31)24(22)29)20-18-7-5-15(34-18)10-14-2-1-12(32-14)9-13-3-4-16(33-13)11-17-6-8-19(20)35-17/h1-8,10-12,33H,9H2. The molecule has 174 valence electrons. The van der Waals surface area contributed by atoms with Gasteiger partial charge in [0.1, 0.15) is 0 Å². The summed E-state index contributed by atoms with van der Waals surface area (Å²) in [4.78, 5) is 12.4. The van der Waals surface area contributed by atoms with Gasteiger partial charge in [0.25, 0.3) is 0 Å². The van der Waals surface area contributed by atoms with Crippen LogP contribution in [-0.2, 0) is 6.42 Å². The highest BCUT2D eigenvalue weighted by molar-refractivity contribution is 7.08. The van der Waals surface area contributed by atoms with Gasteiger partial charge in [0.05, 0.1) is 28.7 Å². The lowest BCUT2D eigenvalue weighted by Gasteiger charge is -2.11. The molecule has 0 spiro atoms. The molecule has 0 radical (unpaired) electrons. The van der Waals surface area contributed by atoms with Crippen LogP contribution < -0.4 is 9.06 Å². The van der Waals surface area contributed by atoms with Gasteiger partial charge in [-0.15, -0.1) is 11.3 Å². The maximum atomic E-state index is 14.9. The van der Waals surface area contributed by atoms with E-state index in [1.165, 1.54) is 6.08 Å². The number of fused-ring (bicyclic) bond motifs is 6. The van der Waals surface area contributed by atoms with Crippen LogP contribution in [0.15, 0.2) is 70.3 Å². The van der Waals surface area contributed by atoms with Crippen LogP contribution in [0, 0.1) is 29.1 Å². The minimum atomic E-state index is -2.20. The number of H-pyrrole nitrogens is 1. The molecule has 6 rings (SSSR count). The Morgan fingerprint density at radius 3 is 2.40 bits per heavy atom. The Bertz CT molecular complexity index is 1650. The van der Waals surface area contributed by atoms with Crippen molar-refractivity contribution < 1.29 is 22.0 Å². The van der Waals surface area contributed by atoms with Crippen LogP contribution in [-0.4, -0.2) is 22.4 Å². The highest BCUT2D eigenvalue weighted by Gasteiger charge is 2.30. The summed E-state index contributed by atoms with van der Waals surface area (Å²) in [5.41, 5.74) is 1.81. The van der Waals surface area contributed by atoms with E-state index in [4.69, 9.17) is 0 Å². The van der Waals surface area contributed by atoms with Gasteiger partial charge in [-0.3, -0.25) is 4.99 Å². The van der Waals surface area contributed by atoms with Gasteiger partial charge in [-0.2, -0.15) is 0 Å². The zero-order chi connectivity index (χ0) is 24.3. The average Bonchev–Trinajstić information content (AvgIpc) is 3.64. The highest BCUT2D eigenvalue weighted by atomic mass is 32.1. The number of hydrogen-bond acceptors (Lipinski definition) is 3. The molecule has 5 heterocycles. The Morgan fingerprint density at radius 2 is 1.60 bits per heavy atom. The zero-order valence-electron chi connectivity index (χ0n) is 17.8. The predicted octanol–water partition coefficient (Wildman–Crippen LogP) is 4.63. The first-order valence-electron chi connectivity index (χ1n) is 10.6. The third kappa shape index (κ3) is 3.72. The normalized spacial score (nSPS) is 18.5. The molecule has 1 aromatic carbocycles. The van der Waals surface area contributed by atoms with Crippen molar-refractivity contribution in [3.8, 4) is 0 Å². The number of aromatic nitrogens is 1. The fourth-order valence-electron chi connectivity index (χ4n) is 4.24. The lowest BCUT2D eigenvalue weighted by atomic mass is 9.99. The number of thiophene rings is 1. The third-order valence-corrected chi connectivity index (χ3v) is 6.90. The topological polar surface area (TPSA) is 40.5 Å². The first-order valence-corrected chi connectivity index (χ1v) is 11.5. The average molecular weight is 495 g/mol. The van der Waals surface area contributed by atoms with Gasteiger partial charge in [-0.05, 0) is 54.6 Å². The second kappa shape index (κ2) is 8.13. The number of aliphatic imine (C=N–C) groups is 2. The van der Waals surface area contributed by atoms with Gasteiger partial charge in [-0.1, -0.05) is 6.08 Å². The fraction of sp³-hybridized carbons (Fsp3) is 0.0769. The van der Waals surface area contributed by atoms with Gasteiger partial charge in [0, 0.05) is 32.4 Å². The number of nitrogens with zero attached hydrogens (tertiary/aromatic N) is 2. The van der Waals surface area contributed by atoms with Crippen LogP contribution in [0.1, 0.15) is 17.0 Å². The number of benzene rings is 1. The molecule has 0 saturated heterocycles. The molecule has 2 aromatic heterocycles. The van der Waals surface area contributed by atoms with E-state index in [-0.39, 0.29) is 17.3 Å². The minimum absolute atomic E-state index is 0.0566. The Hall–Kier alpha value is -3.85. The number of allylic oxidation sites excluding steroid dienone is 4. The van der Waals surface area contributed by atoms with E-state index in [1.54, 1.807) is 24.3 Å². The molecule has 1 unspecified atom stereocenters. The van der Waals surface area contributed by atoms with Crippen molar-refractivity contribution in [2.75, 3.05) is 0 Å². The molecule has 0 amide bonds. The largest absolute Gasteiger partial charge is 0.359 e. The number of aromatic amines is 1. The fourth-order valence-corrected chi connectivity index (χ4v) is 5.26. The molecule has 1 N–H and O–H groups in total. The lowest BCUT2D eigenvalue weighted by Crippen LogP contribution is -2.16. The van der Waals surface area contributed by atoms with E-state index in [1.807, 2.05) is 30.4 Å². The summed E-state index contributed by atoms with van der Waals surface area (Å²) in [6.07, 6.45) is 11.2. The van der Waals surface area contributed by atoms with E-state index < -0.39 is 34.6 Å². The van der Waals surface area contributed by atoms with Crippen LogP contribution in [0.5, 0.6) is 0 Å². The summed E-state index contributed by atoms with van der Waals surface area (Å²) < 4.78 is 72.9. The van der Waals surface area contributed by atoms with Crippen molar-refractivity contribution in [2.45, 2.75) is 12.5 Å². The molecule has 8 bridgehead atoms. The molecule has 1 atom stereocenters. The van der Waals surface area contributed by atoms with Crippen molar-refractivity contribution in [2.24, 2.45) is 9.98 Å². The van der Waals surface area contributed by atoms with E-state index in [2.05, 4.69) is 15.0 Å². The molecule has 3 aromatic rings. The molecular weight excluding hydrogens is 481 g/mol. The van der Waals surface area contributed by atoms with Crippen LogP contribution in [0.3, 0.4) is 0 Å². The van der Waals surface area contributed by atoms with Crippen molar-refractivity contribution in [3.05, 3.63) is 115 Å². The Morgan fingerprint density at radius 1 is 0.829 bits per heavy atom. The van der Waals surface area contributed by atoms with E-state index in [0.717, 1.165) is 27.3 Å². The van der Waals surface area contributed by atoms with Gasteiger partial charge in [0.2, 0.25) is 5.82 Å². The quantitative estimate of drug-likeness (QED) is 0.291. The van der Waals surface area contributed by atoms with Gasteiger partial charge >= 0.3 is 0 Å². The molecule has 3 nitrogen and oxygen atoms in total. The molecular formula is C26H14F5N3S. The monoisotopic (exact) mass is 495 g/mol. The Kier molecular flexibility index (Phi) is 5.03. The third-order valence-electron chi connectivity index (χ3n) is 5.85. The summed E-state index contributed by atoms with van der Waals surface area (Å²) in [7, 11) is 0. The summed E-state index contributed by atoms with van der Waals surface area (Å²) in [5, 5.41) is 0. The maximum Gasteiger partial charge on any atom is 0.200 e. The van der Waals surface area contributed by atoms with Crippen LogP contribution in [0.2, 0.25) is 0 Å². The molecule has 0 aliphatic carbocycles. The van der Waals surface area contributed by atoms with Crippen LogP contribution >= 0.6 is 11.3 Å². The molecule has 3 aliphatic rings. The predicted molar refractivity (Wildman–Crippen MR) is 125 cm³/mol. The summed E-state index contributed by atoms with van der Waals surface area (Å²) in [6, 6.07) is 7.11. The SMILES string of the molecule is Fc1c(F)c(F)c(C2=c3ccc(s3)=Cc3ccc([nH]3)CC3C=CC(=N3)C=C3C=CC2=N3)c(F)c1F. The summed E-state index contributed by atoms with van der Waals surface area (Å²) >= 11 is 1.15. The minimum Gasteiger partial charge on any atom is -0.359 e. The van der Waals surface area contributed by atoms with E-state index >= 15 is 0 Å². The summed E-state index contributed by atoms with van der Waals surface area (Å²) in [5.74, 6) is -10.0. The van der Waals surface area contributed by atoms with Gasteiger partial charge < -0.3 is 4.98 Å². The molecule has 35 heavy (non-hydrogen) atoms. The second-order valence-corrected chi connectivity index (χ2v) is 9.30. The molecule has 0 fully saturated rings. The van der Waals surface area contributed by atoms with Crippen molar-refractivity contribution >= 4 is 34.4 Å². The van der Waals surface area contributed by atoms with E-state index in [9.17, 15) is 22.0 Å². The molecule has 9 heteroatoms. The number of rotatable bonds is 1. The van der Waals surface area contributed by atoms with Crippen LogP contribution in [0.4, 0.5) is 22.0 Å².